The normalized spacial score (nSPS) is 18.0. The number of rotatable bonds is 25. The summed E-state index contributed by atoms with van der Waals surface area (Å²) in [7, 11) is 6.71. The van der Waals surface area contributed by atoms with Crippen LogP contribution in [-0.4, -0.2) is 133 Å². The first-order valence-electron chi connectivity index (χ1n) is 22.8. The largest absolute Gasteiger partial charge is 0.480 e. The molecule has 2 aromatic carbocycles. The van der Waals surface area contributed by atoms with E-state index < -0.39 is 60.2 Å². The Hall–Kier alpha value is -4.53. The number of carbonyl (C=O) groups excluding carboxylic acids is 4. The number of hydrogen-bond acceptors (Lipinski definition) is 9. The lowest BCUT2D eigenvalue weighted by atomic mass is 9.89. The number of carbonyl (C=O) groups is 5. The first-order chi connectivity index (χ1) is 29.7. The molecular weight excluding hydrogens is 801 g/mol. The summed E-state index contributed by atoms with van der Waals surface area (Å²) >= 11 is 0. The molecule has 14 heteroatoms. The van der Waals surface area contributed by atoms with Crippen LogP contribution in [0.15, 0.2) is 54.6 Å². The van der Waals surface area contributed by atoms with Gasteiger partial charge in [-0.05, 0) is 74.8 Å². The molecule has 1 saturated heterocycles. The molecule has 1 aliphatic heterocycles. The number of hydrogen-bond donors (Lipinski definition) is 4. The van der Waals surface area contributed by atoms with Gasteiger partial charge in [0.2, 0.25) is 23.6 Å². The molecule has 0 aliphatic carbocycles. The number of benzene rings is 2. The third-order valence-electron chi connectivity index (χ3n) is 12.6. The van der Waals surface area contributed by atoms with Crippen molar-refractivity contribution in [1.29, 1.82) is 0 Å². The van der Waals surface area contributed by atoms with Crippen LogP contribution in [0.2, 0.25) is 0 Å². The zero-order valence-corrected chi connectivity index (χ0v) is 40.2. The smallest absolute Gasteiger partial charge is 0.326 e. The molecule has 1 fully saturated rings. The van der Waals surface area contributed by atoms with E-state index in [0.717, 1.165) is 16.8 Å². The highest BCUT2D eigenvalue weighted by molar-refractivity contribution is 5.90. The number of nitrogens with zero attached hydrogens (tertiary/aromatic N) is 3. The van der Waals surface area contributed by atoms with Gasteiger partial charge in [0.1, 0.15) is 12.1 Å². The lowest BCUT2D eigenvalue weighted by Crippen LogP contribution is -2.60. The number of likely N-dealkylation sites (tertiary alicyclic amines) is 1. The minimum absolute atomic E-state index is 0.0262. The Bertz CT molecular complexity index is 1770. The molecule has 0 spiro atoms. The van der Waals surface area contributed by atoms with Gasteiger partial charge in [-0.1, -0.05) is 97.4 Å². The highest BCUT2D eigenvalue weighted by Crippen LogP contribution is 2.30. The lowest BCUT2D eigenvalue weighted by Gasteiger charge is -2.41. The van der Waals surface area contributed by atoms with Crippen LogP contribution in [0.3, 0.4) is 0 Å². The number of likely N-dealkylation sites (N-methyl/N-ethyl adjacent to an activating group) is 2. The Labute approximate surface area is 377 Å². The molecule has 2 aromatic rings. The molecule has 0 bridgehead atoms. The summed E-state index contributed by atoms with van der Waals surface area (Å²) in [5.41, 5.74) is 2.86. The Balaban J connectivity index is 1.78. The maximum Gasteiger partial charge on any atom is 0.326 e. The topological polar surface area (TPSA) is 170 Å². The number of carboxylic acid groups (broad SMARTS) is 1. The second-order valence-corrected chi connectivity index (χ2v) is 18.5. The minimum Gasteiger partial charge on any atom is -0.480 e. The average molecular weight is 879 g/mol. The van der Waals surface area contributed by atoms with E-state index in [1.165, 1.54) is 7.11 Å². The van der Waals surface area contributed by atoms with Crippen molar-refractivity contribution in [1.82, 2.24) is 25.3 Å². The van der Waals surface area contributed by atoms with Crippen LogP contribution in [0, 0.1) is 23.7 Å². The van der Waals surface area contributed by atoms with E-state index in [9.17, 15) is 29.1 Å². The predicted octanol–water partition coefficient (Wildman–Crippen LogP) is 5.84. The highest BCUT2D eigenvalue weighted by atomic mass is 16.5. The first-order valence-corrected chi connectivity index (χ1v) is 22.8. The molecule has 0 saturated carbocycles. The van der Waals surface area contributed by atoms with Crippen molar-refractivity contribution in [3.63, 3.8) is 0 Å². The van der Waals surface area contributed by atoms with Crippen molar-refractivity contribution in [2.45, 2.75) is 149 Å². The number of amides is 4. The molecular formula is C49H78N6O8. The molecule has 63 heavy (non-hydrogen) atoms. The SMILES string of the molecule is CC[C@H](C)[C@@H]([C@@H](CC(=O)N1CCC[C@H]1[C@H](OC)[C@@H](C)C(=O)N[C@@H](Cc1ccccc1)C(=O)O)OC)N(C)C(=O)[C@@H](NC(=O)[C@H](C(C)C)N(C)Cc1cccc(NC(C)C)c1)C(C)C. The fourth-order valence-electron chi connectivity index (χ4n) is 9.12. The Morgan fingerprint density at radius 2 is 1.49 bits per heavy atom. The van der Waals surface area contributed by atoms with E-state index in [2.05, 4.69) is 35.9 Å². The number of anilines is 1. The molecule has 0 aromatic heterocycles. The van der Waals surface area contributed by atoms with Crippen molar-refractivity contribution in [2.24, 2.45) is 23.7 Å². The van der Waals surface area contributed by atoms with E-state index in [-0.39, 0.29) is 54.4 Å². The van der Waals surface area contributed by atoms with Crippen LogP contribution in [-0.2, 0) is 46.4 Å². The van der Waals surface area contributed by atoms with Gasteiger partial charge in [0.05, 0.1) is 42.7 Å². The van der Waals surface area contributed by atoms with Gasteiger partial charge in [0.25, 0.3) is 0 Å². The van der Waals surface area contributed by atoms with Gasteiger partial charge in [-0.3, -0.25) is 24.1 Å². The molecule has 4 N–H and O–H groups in total. The van der Waals surface area contributed by atoms with Crippen molar-refractivity contribution < 1.29 is 38.6 Å². The summed E-state index contributed by atoms with van der Waals surface area (Å²) in [5, 5.41) is 19.2. The van der Waals surface area contributed by atoms with Gasteiger partial charge >= 0.3 is 5.97 Å². The van der Waals surface area contributed by atoms with Crippen LogP contribution in [0.5, 0.6) is 0 Å². The maximum absolute atomic E-state index is 14.6. The van der Waals surface area contributed by atoms with Crippen LogP contribution in [0.4, 0.5) is 5.69 Å². The minimum atomic E-state index is -1.14. The van der Waals surface area contributed by atoms with Gasteiger partial charge in [-0.2, -0.15) is 0 Å². The molecule has 9 atom stereocenters. The van der Waals surface area contributed by atoms with Crippen molar-refractivity contribution in [3.05, 3.63) is 65.7 Å². The predicted molar refractivity (Wildman–Crippen MR) is 248 cm³/mol. The highest BCUT2D eigenvalue weighted by Gasteiger charge is 2.43. The number of nitrogens with one attached hydrogen (secondary N) is 3. The summed E-state index contributed by atoms with van der Waals surface area (Å²) in [6.45, 7) is 18.8. The van der Waals surface area contributed by atoms with Gasteiger partial charge in [0.15, 0.2) is 0 Å². The molecule has 1 heterocycles. The Kier molecular flexibility index (Phi) is 21.0. The number of carboxylic acids is 1. The molecule has 0 unspecified atom stereocenters. The Morgan fingerprint density at radius 3 is 2.05 bits per heavy atom. The zero-order chi connectivity index (χ0) is 47.1. The standard InChI is InChI=1S/C49H78N6O8/c1-14-33(8)44(54(11)48(59)42(30(2)3)52-47(58)43(31(4)5)53(10)29-36-22-18-23-37(26-36)50-32(6)7)40(62-12)28-41(56)55-25-19-24-39(55)45(63-13)34(9)46(57)51-38(49(60)61)27-35-20-16-15-17-21-35/h15-18,20-23,26,30-34,38-40,42-45,50H,14,19,24-25,27-29H2,1-13H3,(H,51,57)(H,52,58)(H,60,61)/t33-,34+,38-,39-,40+,42-,43-,44-,45+/m0/s1. The van der Waals surface area contributed by atoms with Gasteiger partial charge in [0, 0.05) is 52.5 Å². The molecule has 352 valence electrons. The van der Waals surface area contributed by atoms with Crippen molar-refractivity contribution >= 4 is 35.3 Å². The van der Waals surface area contributed by atoms with Gasteiger partial charge in [-0.25, -0.2) is 4.79 Å². The molecule has 0 radical (unpaired) electrons. The van der Waals surface area contributed by atoms with Crippen LogP contribution < -0.4 is 16.0 Å². The number of ether oxygens (including phenoxy) is 2. The van der Waals surface area contributed by atoms with Crippen molar-refractivity contribution in [2.75, 3.05) is 40.2 Å². The van der Waals surface area contributed by atoms with Crippen molar-refractivity contribution in [3.8, 4) is 0 Å². The quantitative estimate of drug-likeness (QED) is 0.0952. The van der Waals surface area contributed by atoms with Crippen LogP contribution >= 0.6 is 0 Å². The fourth-order valence-corrected chi connectivity index (χ4v) is 9.12. The summed E-state index contributed by atoms with van der Waals surface area (Å²) in [6.07, 6.45) is 0.720. The summed E-state index contributed by atoms with van der Waals surface area (Å²) in [5.74, 6) is -3.42. The zero-order valence-electron chi connectivity index (χ0n) is 40.2. The molecule has 1 aliphatic rings. The van der Waals surface area contributed by atoms with E-state index in [1.54, 1.807) is 30.9 Å². The average Bonchev–Trinajstić information content (AvgIpc) is 3.71. The summed E-state index contributed by atoms with van der Waals surface area (Å²) in [4.78, 5) is 74.3. The van der Waals surface area contributed by atoms with E-state index in [0.29, 0.717) is 32.4 Å². The molecule has 14 nitrogen and oxygen atoms in total. The third-order valence-corrected chi connectivity index (χ3v) is 12.6. The molecule has 3 rings (SSSR count). The number of methoxy groups -OCH3 is 2. The fraction of sp³-hybridized carbons (Fsp3) is 0.653. The number of aliphatic carboxylic acids is 1. The van der Waals surface area contributed by atoms with Crippen LogP contribution in [0.1, 0.15) is 99.1 Å². The van der Waals surface area contributed by atoms with Gasteiger partial charge in [-0.15, -0.1) is 0 Å². The first kappa shape index (κ1) is 52.8. The van der Waals surface area contributed by atoms with Gasteiger partial charge < -0.3 is 40.3 Å². The lowest BCUT2D eigenvalue weighted by molar-refractivity contribution is -0.148. The van der Waals surface area contributed by atoms with E-state index in [4.69, 9.17) is 9.47 Å². The second-order valence-electron chi connectivity index (χ2n) is 18.5. The third kappa shape index (κ3) is 14.8. The summed E-state index contributed by atoms with van der Waals surface area (Å²) < 4.78 is 12.0. The maximum atomic E-state index is 14.6. The van der Waals surface area contributed by atoms with E-state index in [1.807, 2.05) is 102 Å². The van der Waals surface area contributed by atoms with E-state index >= 15 is 0 Å². The monoisotopic (exact) mass is 879 g/mol. The second kappa shape index (κ2) is 25.1. The summed E-state index contributed by atoms with van der Waals surface area (Å²) in [6, 6.07) is 14.2. The molecule has 4 amide bonds. The van der Waals surface area contributed by atoms with Crippen LogP contribution in [0.25, 0.3) is 0 Å². The Morgan fingerprint density at radius 1 is 0.841 bits per heavy atom.